The lowest BCUT2D eigenvalue weighted by Gasteiger charge is -2.40. The average molecular weight is 865 g/mol. The molecule has 0 aromatic rings. The van der Waals surface area contributed by atoms with E-state index in [0.717, 1.165) is 77.0 Å². The van der Waals surface area contributed by atoms with E-state index in [-0.39, 0.29) is 41.9 Å². The van der Waals surface area contributed by atoms with E-state index in [9.17, 15) is 39.0 Å². The van der Waals surface area contributed by atoms with Gasteiger partial charge in [0.25, 0.3) is 0 Å². The molecule has 0 radical (unpaired) electrons. The third-order valence-corrected chi connectivity index (χ3v) is 11.8. The van der Waals surface area contributed by atoms with Crippen LogP contribution in [0.25, 0.3) is 0 Å². The number of nitrogens with one attached hydrogen (secondary N) is 1. The Hall–Kier alpha value is -3.82. The summed E-state index contributed by atoms with van der Waals surface area (Å²) in [4.78, 5) is 78.1. The number of hydrogen-bond donors (Lipinski definition) is 4. The number of hydrogen-bond acceptors (Lipinski definition) is 14. The van der Waals surface area contributed by atoms with Crippen molar-refractivity contribution in [3.05, 3.63) is 22.8 Å². The molecule has 348 valence electrons. The topological polar surface area (TPSA) is 227 Å². The molecule has 2 aliphatic rings. The van der Waals surface area contributed by atoms with Crippen LogP contribution in [-0.2, 0) is 52.5 Å². The van der Waals surface area contributed by atoms with Gasteiger partial charge < -0.3 is 44.9 Å². The Morgan fingerprint density at radius 1 is 0.820 bits per heavy atom. The van der Waals surface area contributed by atoms with Crippen molar-refractivity contribution in [3.63, 3.8) is 0 Å². The number of amides is 1. The number of carbonyl (C=O) groups excluding carboxylic acids is 6. The quantitative estimate of drug-likeness (QED) is 0.0240. The lowest BCUT2D eigenvalue weighted by atomic mass is 9.79. The second-order valence-electron chi connectivity index (χ2n) is 17.0. The van der Waals surface area contributed by atoms with Crippen LogP contribution in [0, 0.1) is 5.92 Å². The molecule has 1 saturated carbocycles. The zero-order valence-corrected chi connectivity index (χ0v) is 38.1. The lowest BCUT2D eigenvalue weighted by Crippen LogP contribution is -2.58. The summed E-state index contributed by atoms with van der Waals surface area (Å²) >= 11 is 0. The van der Waals surface area contributed by atoms with Crippen molar-refractivity contribution in [2.75, 3.05) is 13.2 Å². The summed E-state index contributed by atoms with van der Waals surface area (Å²) < 4.78 is 30.1. The summed E-state index contributed by atoms with van der Waals surface area (Å²) in [5, 5.41) is 26.4. The number of nitrogens with two attached hydrogens (primary N) is 1. The van der Waals surface area contributed by atoms with Crippen molar-refractivity contribution in [2.45, 2.75) is 213 Å². The van der Waals surface area contributed by atoms with Crippen LogP contribution in [0.2, 0.25) is 0 Å². The van der Waals surface area contributed by atoms with Gasteiger partial charge in [-0.2, -0.15) is 0 Å². The first kappa shape index (κ1) is 53.3. The molecule has 15 nitrogen and oxygen atoms in total. The molecular formula is C46H76N2O13. The summed E-state index contributed by atoms with van der Waals surface area (Å²) in [6.45, 7) is 12.4. The Labute approximate surface area is 363 Å². The Balaban J connectivity index is 2.38. The fraction of sp³-hybridized carbons (Fsp3) is 0.783. The number of unbranched alkanes of at least 4 members (excludes halogenated alkanes) is 12. The molecular weight excluding hydrogens is 789 g/mol. The fourth-order valence-corrected chi connectivity index (χ4v) is 8.22. The number of allylic oxidation sites excluding steroid dienone is 1. The molecule has 0 bridgehead atoms. The number of rotatable bonds is 27. The van der Waals surface area contributed by atoms with Crippen LogP contribution < -0.4 is 11.1 Å². The predicted octanol–water partition coefficient (Wildman–Crippen LogP) is 6.13. The third kappa shape index (κ3) is 16.1. The van der Waals surface area contributed by atoms with Crippen molar-refractivity contribution in [1.82, 2.24) is 5.32 Å². The van der Waals surface area contributed by atoms with Gasteiger partial charge >= 0.3 is 29.8 Å². The highest BCUT2D eigenvalue weighted by atomic mass is 16.6. The Morgan fingerprint density at radius 3 is 1.87 bits per heavy atom. The monoisotopic (exact) mass is 865 g/mol. The van der Waals surface area contributed by atoms with Gasteiger partial charge in [0.05, 0.1) is 18.6 Å². The van der Waals surface area contributed by atoms with Crippen LogP contribution in [0.15, 0.2) is 22.8 Å². The SMILES string of the molecule is C/C=C(/C)C(=O)O[C@H]1C(C)=C2[C@H]([C@@H]1OC(=O)CCCCCCC)[C@@](C)(OC(C)=O)C[C@H](OC(=O)CCCCCCCCCCCNC(=O)[C@@H](C)N)[C@](O)(CO)[C@H]2OC(=O)CC. The molecule has 2 rings (SSSR count). The summed E-state index contributed by atoms with van der Waals surface area (Å²) in [6, 6.07) is -0.513. The molecule has 0 unspecified atom stereocenters. The minimum atomic E-state index is -2.46. The number of esters is 5. The van der Waals surface area contributed by atoms with E-state index in [1.165, 1.54) is 6.92 Å². The van der Waals surface area contributed by atoms with Gasteiger partial charge in [-0.25, -0.2) is 4.79 Å². The second-order valence-corrected chi connectivity index (χ2v) is 17.0. The van der Waals surface area contributed by atoms with Gasteiger partial charge in [0.1, 0.15) is 11.7 Å². The smallest absolute Gasteiger partial charge is 0.334 e. The van der Waals surface area contributed by atoms with Gasteiger partial charge in [0, 0.05) is 44.7 Å². The van der Waals surface area contributed by atoms with E-state index < -0.39 is 90.5 Å². The molecule has 0 spiro atoms. The molecule has 0 aromatic heterocycles. The first-order valence-corrected chi connectivity index (χ1v) is 22.6. The normalized spacial score (nSPS) is 25.5. The predicted molar refractivity (Wildman–Crippen MR) is 228 cm³/mol. The highest BCUT2D eigenvalue weighted by Crippen LogP contribution is 2.53. The fourth-order valence-electron chi connectivity index (χ4n) is 8.22. The number of aliphatic hydroxyl groups excluding tert-OH is 1. The molecule has 2 aliphatic carbocycles. The highest BCUT2D eigenvalue weighted by Gasteiger charge is 2.66. The summed E-state index contributed by atoms with van der Waals surface area (Å²) in [5.41, 5.74) is 2.05. The molecule has 1 amide bonds. The van der Waals surface area contributed by atoms with Gasteiger partial charge in [-0.1, -0.05) is 90.6 Å². The van der Waals surface area contributed by atoms with Crippen molar-refractivity contribution in [2.24, 2.45) is 11.7 Å². The maximum Gasteiger partial charge on any atom is 0.334 e. The molecule has 0 saturated heterocycles. The van der Waals surface area contributed by atoms with Gasteiger partial charge in [-0.15, -0.1) is 0 Å². The molecule has 0 aliphatic heterocycles. The van der Waals surface area contributed by atoms with Crippen LogP contribution in [-0.4, -0.2) is 101 Å². The summed E-state index contributed by atoms with van der Waals surface area (Å²) in [6.07, 6.45) is 7.81. The lowest BCUT2D eigenvalue weighted by molar-refractivity contribution is -0.205. The maximum atomic E-state index is 13.6. The molecule has 0 aromatic carbocycles. The van der Waals surface area contributed by atoms with E-state index in [1.54, 1.807) is 47.6 Å². The molecule has 61 heavy (non-hydrogen) atoms. The van der Waals surface area contributed by atoms with Crippen LogP contribution >= 0.6 is 0 Å². The number of fused-ring (bicyclic) bond motifs is 1. The van der Waals surface area contributed by atoms with Crippen molar-refractivity contribution in [3.8, 4) is 0 Å². The first-order chi connectivity index (χ1) is 28.9. The third-order valence-electron chi connectivity index (χ3n) is 11.8. The zero-order chi connectivity index (χ0) is 45.8. The molecule has 8 atom stereocenters. The van der Waals surface area contributed by atoms with Gasteiger partial charge in [-0.05, 0) is 65.0 Å². The Kier molecular flexibility index (Phi) is 23.3. The van der Waals surface area contributed by atoms with Crippen LogP contribution in [0.5, 0.6) is 0 Å². The van der Waals surface area contributed by atoms with Crippen molar-refractivity contribution in [1.29, 1.82) is 0 Å². The second kappa shape index (κ2) is 26.6. The molecule has 5 N–H and O–H groups in total. The van der Waals surface area contributed by atoms with Crippen LogP contribution in [0.4, 0.5) is 0 Å². The highest BCUT2D eigenvalue weighted by molar-refractivity contribution is 5.88. The Morgan fingerprint density at radius 2 is 1.36 bits per heavy atom. The van der Waals surface area contributed by atoms with E-state index in [2.05, 4.69) is 12.2 Å². The molecule has 1 fully saturated rings. The standard InChI is InChI=1S/C46H76N2O13/c1-9-12-13-19-22-26-37(53)58-41-39-38(31(5)40(41)60-44(55)30(4)10-2)42(59-35(51)11-3)46(56,29-49)34(28-45(39,8)61-33(7)50)57-36(52)25-23-20-17-15-14-16-18-21-24-27-48-43(54)32(6)47/h10,32,34,39-42,49,56H,9,11-29,47H2,1-8H3,(H,48,54)/b30-10-/t32-,34+,39-,40+,41+,42+,45+,46-/m1/s1. The van der Waals surface area contributed by atoms with Crippen LogP contribution in [0.3, 0.4) is 0 Å². The first-order valence-electron chi connectivity index (χ1n) is 22.6. The zero-order valence-electron chi connectivity index (χ0n) is 38.1. The van der Waals surface area contributed by atoms with E-state index in [4.69, 9.17) is 29.4 Å². The van der Waals surface area contributed by atoms with Gasteiger partial charge in [0.15, 0.2) is 23.9 Å². The van der Waals surface area contributed by atoms with E-state index in [0.29, 0.717) is 19.4 Å². The summed E-state index contributed by atoms with van der Waals surface area (Å²) in [5.74, 6) is -4.78. The number of carbonyl (C=O) groups is 6. The molecule has 15 heteroatoms. The number of aliphatic hydroxyl groups is 2. The van der Waals surface area contributed by atoms with Crippen molar-refractivity contribution < 1.29 is 62.7 Å². The van der Waals surface area contributed by atoms with E-state index in [1.807, 2.05) is 0 Å². The minimum Gasteiger partial charge on any atom is -0.459 e. The largest absolute Gasteiger partial charge is 0.459 e. The summed E-state index contributed by atoms with van der Waals surface area (Å²) in [7, 11) is 0. The molecule has 0 heterocycles. The van der Waals surface area contributed by atoms with Gasteiger partial charge in [0.2, 0.25) is 5.91 Å². The maximum absolute atomic E-state index is 13.6. The van der Waals surface area contributed by atoms with E-state index >= 15 is 0 Å². The average Bonchev–Trinajstić information content (AvgIpc) is 3.44. The Bertz CT molecular complexity index is 1530. The number of ether oxygens (including phenoxy) is 5. The minimum absolute atomic E-state index is 0.000803. The van der Waals surface area contributed by atoms with Gasteiger partial charge in [-0.3, -0.25) is 24.0 Å². The van der Waals surface area contributed by atoms with Crippen molar-refractivity contribution >= 4 is 35.8 Å². The van der Waals surface area contributed by atoms with Crippen LogP contribution in [0.1, 0.15) is 171 Å².